The summed E-state index contributed by atoms with van der Waals surface area (Å²) < 4.78 is 13.3. The van der Waals surface area contributed by atoms with Crippen molar-refractivity contribution in [2.75, 3.05) is 13.1 Å². The molecule has 2 rings (SSSR count). The summed E-state index contributed by atoms with van der Waals surface area (Å²) in [6, 6.07) is 14.3. The van der Waals surface area contributed by atoms with Gasteiger partial charge in [0, 0.05) is 24.7 Å². The number of aliphatic imine (C=N–C) groups is 1. The summed E-state index contributed by atoms with van der Waals surface area (Å²) in [5.41, 5.74) is 2.62. The summed E-state index contributed by atoms with van der Waals surface area (Å²) >= 11 is 0. The van der Waals surface area contributed by atoms with E-state index < -0.39 is 0 Å². The highest BCUT2D eigenvalue weighted by molar-refractivity contribution is 5.94. The van der Waals surface area contributed by atoms with Gasteiger partial charge in [0.2, 0.25) is 0 Å². The van der Waals surface area contributed by atoms with Crippen LogP contribution in [0.25, 0.3) is 0 Å². The fourth-order valence-electron chi connectivity index (χ4n) is 2.70. The predicted molar refractivity (Wildman–Crippen MR) is 117 cm³/mol. The Hall–Kier alpha value is -2.89. The Balaban J connectivity index is 1.89. The molecule has 0 heterocycles. The molecule has 5 nitrogen and oxygen atoms in total. The number of hydrogen-bond acceptors (Lipinski definition) is 2. The second-order valence-electron chi connectivity index (χ2n) is 6.98. The van der Waals surface area contributed by atoms with E-state index in [1.165, 1.54) is 6.07 Å². The van der Waals surface area contributed by atoms with E-state index in [0.717, 1.165) is 24.1 Å². The van der Waals surface area contributed by atoms with Gasteiger partial charge in [-0.15, -0.1) is 0 Å². The number of carbonyl (C=O) groups is 1. The molecule has 0 aliphatic carbocycles. The standard InChI is InChI=1S/C23H31FN4O/c1-4-17(3)28-22(29)20-11-9-19(10-12-20)16-27-23(25-5-2)26-14-13-18-7-6-8-21(24)15-18/h6-12,15,17H,4-5,13-14,16H2,1-3H3,(H,28,29)(H2,25,26,27). The molecule has 1 unspecified atom stereocenters. The molecule has 0 fully saturated rings. The van der Waals surface area contributed by atoms with Crippen LogP contribution >= 0.6 is 0 Å². The lowest BCUT2D eigenvalue weighted by Gasteiger charge is -2.12. The average Bonchev–Trinajstić information content (AvgIpc) is 2.72. The molecule has 156 valence electrons. The first-order valence-electron chi connectivity index (χ1n) is 10.2. The van der Waals surface area contributed by atoms with Crippen LogP contribution < -0.4 is 16.0 Å². The van der Waals surface area contributed by atoms with Gasteiger partial charge in [-0.1, -0.05) is 31.2 Å². The van der Waals surface area contributed by atoms with Crippen molar-refractivity contribution in [3.05, 3.63) is 71.0 Å². The predicted octanol–water partition coefficient (Wildman–Crippen LogP) is 3.65. The van der Waals surface area contributed by atoms with E-state index in [-0.39, 0.29) is 17.8 Å². The summed E-state index contributed by atoms with van der Waals surface area (Å²) in [7, 11) is 0. The summed E-state index contributed by atoms with van der Waals surface area (Å²) in [6.07, 6.45) is 1.61. The van der Waals surface area contributed by atoms with Gasteiger partial charge in [0.05, 0.1) is 6.54 Å². The first kappa shape index (κ1) is 22.4. The largest absolute Gasteiger partial charge is 0.357 e. The van der Waals surface area contributed by atoms with Crippen molar-refractivity contribution >= 4 is 11.9 Å². The minimum absolute atomic E-state index is 0.0539. The monoisotopic (exact) mass is 398 g/mol. The van der Waals surface area contributed by atoms with Gasteiger partial charge >= 0.3 is 0 Å². The Bertz CT molecular complexity index is 805. The average molecular weight is 399 g/mol. The van der Waals surface area contributed by atoms with Gasteiger partial charge in [-0.25, -0.2) is 9.38 Å². The Morgan fingerprint density at radius 2 is 1.83 bits per heavy atom. The van der Waals surface area contributed by atoms with E-state index >= 15 is 0 Å². The van der Waals surface area contributed by atoms with Crippen LogP contribution in [0, 0.1) is 5.82 Å². The number of hydrogen-bond donors (Lipinski definition) is 3. The number of rotatable bonds is 9. The molecule has 0 aliphatic heterocycles. The molecule has 1 amide bonds. The molecule has 0 bridgehead atoms. The van der Waals surface area contributed by atoms with E-state index in [1.54, 1.807) is 12.1 Å². The highest BCUT2D eigenvalue weighted by atomic mass is 19.1. The number of guanidine groups is 1. The number of nitrogens with zero attached hydrogens (tertiary/aromatic N) is 1. The Morgan fingerprint density at radius 1 is 1.07 bits per heavy atom. The lowest BCUT2D eigenvalue weighted by molar-refractivity contribution is 0.0939. The zero-order chi connectivity index (χ0) is 21.1. The Morgan fingerprint density at radius 3 is 2.48 bits per heavy atom. The van der Waals surface area contributed by atoms with Crippen LogP contribution in [0.4, 0.5) is 4.39 Å². The van der Waals surface area contributed by atoms with Crippen molar-refractivity contribution in [2.24, 2.45) is 4.99 Å². The number of benzene rings is 2. The maximum absolute atomic E-state index is 13.3. The lowest BCUT2D eigenvalue weighted by Crippen LogP contribution is -2.38. The maximum Gasteiger partial charge on any atom is 0.251 e. The molecule has 0 saturated carbocycles. The lowest BCUT2D eigenvalue weighted by atomic mass is 10.1. The molecule has 0 aliphatic rings. The van der Waals surface area contributed by atoms with Crippen LogP contribution in [0.15, 0.2) is 53.5 Å². The zero-order valence-electron chi connectivity index (χ0n) is 17.5. The van der Waals surface area contributed by atoms with E-state index in [2.05, 4.69) is 20.9 Å². The maximum atomic E-state index is 13.3. The van der Waals surface area contributed by atoms with Crippen LogP contribution in [-0.4, -0.2) is 31.0 Å². The van der Waals surface area contributed by atoms with Gasteiger partial charge in [-0.05, 0) is 62.1 Å². The van der Waals surface area contributed by atoms with Crippen molar-refractivity contribution in [2.45, 2.75) is 46.2 Å². The normalized spacial score (nSPS) is 12.3. The third-order valence-electron chi connectivity index (χ3n) is 4.57. The second-order valence-corrected chi connectivity index (χ2v) is 6.98. The Kier molecular flexibility index (Phi) is 9.15. The summed E-state index contributed by atoms with van der Waals surface area (Å²) in [4.78, 5) is 16.7. The van der Waals surface area contributed by atoms with Gasteiger partial charge in [-0.3, -0.25) is 4.79 Å². The first-order chi connectivity index (χ1) is 14.0. The Labute approximate surface area is 172 Å². The van der Waals surface area contributed by atoms with Crippen molar-refractivity contribution in [3.63, 3.8) is 0 Å². The smallest absolute Gasteiger partial charge is 0.251 e. The molecular weight excluding hydrogens is 367 g/mol. The highest BCUT2D eigenvalue weighted by Crippen LogP contribution is 2.07. The van der Waals surface area contributed by atoms with Gasteiger partial charge < -0.3 is 16.0 Å². The molecule has 2 aromatic carbocycles. The minimum Gasteiger partial charge on any atom is -0.357 e. The van der Waals surface area contributed by atoms with Crippen molar-refractivity contribution in [3.8, 4) is 0 Å². The SMILES string of the molecule is CCNC(=NCc1ccc(C(=O)NC(C)CC)cc1)NCCc1cccc(F)c1. The summed E-state index contributed by atoms with van der Waals surface area (Å²) in [5.74, 6) is 0.439. The highest BCUT2D eigenvalue weighted by Gasteiger charge is 2.08. The third-order valence-corrected chi connectivity index (χ3v) is 4.57. The summed E-state index contributed by atoms with van der Waals surface area (Å²) in [6.45, 7) is 7.95. The third kappa shape index (κ3) is 7.94. The van der Waals surface area contributed by atoms with Crippen molar-refractivity contribution in [1.82, 2.24) is 16.0 Å². The fraction of sp³-hybridized carbons (Fsp3) is 0.391. The molecule has 6 heteroatoms. The molecule has 1 atom stereocenters. The van der Waals surface area contributed by atoms with Gasteiger partial charge in [0.25, 0.3) is 5.91 Å². The zero-order valence-corrected chi connectivity index (χ0v) is 17.5. The molecule has 0 spiro atoms. The molecule has 29 heavy (non-hydrogen) atoms. The number of amides is 1. The second kappa shape index (κ2) is 11.8. The number of nitrogens with one attached hydrogen (secondary N) is 3. The van der Waals surface area contributed by atoms with E-state index in [1.807, 2.05) is 51.1 Å². The minimum atomic E-state index is -0.218. The quantitative estimate of drug-likeness (QED) is 0.446. The molecule has 2 aromatic rings. The van der Waals surface area contributed by atoms with Crippen LogP contribution in [-0.2, 0) is 13.0 Å². The molecule has 3 N–H and O–H groups in total. The van der Waals surface area contributed by atoms with Crippen LogP contribution in [0.3, 0.4) is 0 Å². The van der Waals surface area contributed by atoms with Crippen molar-refractivity contribution < 1.29 is 9.18 Å². The van der Waals surface area contributed by atoms with Gasteiger partial charge in [0.1, 0.15) is 5.82 Å². The first-order valence-corrected chi connectivity index (χ1v) is 10.2. The van der Waals surface area contributed by atoms with Crippen LogP contribution in [0.1, 0.15) is 48.7 Å². The van der Waals surface area contributed by atoms with Gasteiger partial charge in [-0.2, -0.15) is 0 Å². The molecular formula is C23H31FN4O. The molecule has 0 radical (unpaired) electrons. The van der Waals surface area contributed by atoms with Gasteiger partial charge in [0.15, 0.2) is 5.96 Å². The van der Waals surface area contributed by atoms with Crippen LogP contribution in [0.2, 0.25) is 0 Å². The number of carbonyl (C=O) groups excluding carboxylic acids is 1. The van der Waals surface area contributed by atoms with E-state index in [9.17, 15) is 9.18 Å². The molecule has 0 saturated heterocycles. The van der Waals surface area contributed by atoms with Crippen molar-refractivity contribution in [1.29, 1.82) is 0 Å². The molecule has 0 aromatic heterocycles. The van der Waals surface area contributed by atoms with Crippen LogP contribution in [0.5, 0.6) is 0 Å². The van der Waals surface area contributed by atoms with E-state index in [0.29, 0.717) is 31.0 Å². The topological polar surface area (TPSA) is 65.5 Å². The fourth-order valence-corrected chi connectivity index (χ4v) is 2.70. The number of halogens is 1. The van der Waals surface area contributed by atoms with E-state index in [4.69, 9.17) is 0 Å². The summed E-state index contributed by atoms with van der Waals surface area (Å²) in [5, 5.41) is 9.44.